The molecule has 1 aromatic carbocycles. The summed E-state index contributed by atoms with van der Waals surface area (Å²) in [4.78, 5) is 0. The van der Waals surface area contributed by atoms with Crippen LogP contribution in [-0.2, 0) is 0 Å². The van der Waals surface area contributed by atoms with Crippen LogP contribution in [0, 0.1) is 13.8 Å². The van der Waals surface area contributed by atoms with Gasteiger partial charge in [0.05, 0.1) is 6.04 Å². The summed E-state index contributed by atoms with van der Waals surface area (Å²) in [5.74, 6) is 1.89. The molecule has 0 spiro atoms. The molecular weight excluding hydrogens is 292 g/mol. The van der Waals surface area contributed by atoms with E-state index in [2.05, 4.69) is 34.2 Å². The lowest BCUT2D eigenvalue weighted by Crippen LogP contribution is -2.07. The van der Waals surface area contributed by atoms with E-state index in [1.807, 2.05) is 32.0 Å². The molecule has 1 aromatic heterocycles. The van der Waals surface area contributed by atoms with Gasteiger partial charge in [-0.25, -0.2) is 0 Å². The smallest absolute Gasteiger partial charge is 0.106 e. The Bertz CT molecular complexity index is 563. The summed E-state index contributed by atoms with van der Waals surface area (Å²) < 4.78 is 6.52. The Balaban J connectivity index is 2.21. The summed E-state index contributed by atoms with van der Waals surface area (Å²) in [6, 6.07) is 7.99. The minimum Gasteiger partial charge on any atom is -0.466 e. The summed E-state index contributed by atoms with van der Waals surface area (Å²) in [6.45, 7) is 6.06. The van der Waals surface area contributed by atoms with E-state index in [1.54, 1.807) is 0 Å². The third kappa shape index (κ3) is 2.70. The maximum Gasteiger partial charge on any atom is 0.106 e. The van der Waals surface area contributed by atoms with Crippen LogP contribution in [0.5, 0.6) is 0 Å². The standard InChI is InChI=1S/C14H17BrN2O/c1-8-6-12(10(3)18-8)9(2)17-14-5-4-11(16)7-13(14)15/h4-7,9,17H,16H2,1-3H3. The molecular formula is C14H17BrN2O. The highest BCUT2D eigenvalue weighted by Gasteiger charge is 2.13. The molecule has 1 unspecified atom stereocenters. The van der Waals surface area contributed by atoms with Crippen LogP contribution in [0.3, 0.4) is 0 Å². The van der Waals surface area contributed by atoms with Crippen molar-refractivity contribution in [1.29, 1.82) is 0 Å². The largest absolute Gasteiger partial charge is 0.466 e. The Morgan fingerprint density at radius 1 is 1.28 bits per heavy atom. The molecule has 0 aliphatic heterocycles. The van der Waals surface area contributed by atoms with E-state index in [9.17, 15) is 0 Å². The summed E-state index contributed by atoms with van der Waals surface area (Å²) >= 11 is 3.51. The van der Waals surface area contributed by atoms with Crippen molar-refractivity contribution in [2.75, 3.05) is 11.1 Å². The molecule has 3 nitrogen and oxygen atoms in total. The van der Waals surface area contributed by atoms with Gasteiger partial charge in [-0.15, -0.1) is 0 Å². The van der Waals surface area contributed by atoms with Gasteiger partial charge >= 0.3 is 0 Å². The van der Waals surface area contributed by atoms with Crippen molar-refractivity contribution in [1.82, 2.24) is 0 Å². The van der Waals surface area contributed by atoms with Gasteiger partial charge in [0.1, 0.15) is 11.5 Å². The van der Waals surface area contributed by atoms with Crippen LogP contribution in [0.4, 0.5) is 11.4 Å². The van der Waals surface area contributed by atoms with Crippen LogP contribution in [0.2, 0.25) is 0 Å². The van der Waals surface area contributed by atoms with E-state index in [-0.39, 0.29) is 6.04 Å². The molecule has 3 N–H and O–H groups in total. The molecule has 0 aliphatic carbocycles. The third-order valence-electron chi connectivity index (χ3n) is 2.91. The first-order chi connectivity index (χ1) is 8.47. The Morgan fingerprint density at radius 3 is 2.56 bits per heavy atom. The molecule has 0 bridgehead atoms. The number of anilines is 2. The second kappa shape index (κ2) is 5.06. The van der Waals surface area contributed by atoms with E-state index in [0.717, 1.165) is 27.4 Å². The number of hydrogen-bond acceptors (Lipinski definition) is 3. The zero-order valence-corrected chi connectivity index (χ0v) is 12.3. The van der Waals surface area contributed by atoms with E-state index in [1.165, 1.54) is 5.56 Å². The molecule has 1 atom stereocenters. The lowest BCUT2D eigenvalue weighted by Gasteiger charge is -2.16. The van der Waals surface area contributed by atoms with Crippen molar-refractivity contribution in [2.24, 2.45) is 0 Å². The van der Waals surface area contributed by atoms with E-state index in [4.69, 9.17) is 10.2 Å². The summed E-state index contributed by atoms with van der Waals surface area (Å²) in [5.41, 5.74) is 8.67. The minimum atomic E-state index is 0.183. The van der Waals surface area contributed by atoms with Gasteiger partial charge in [-0.1, -0.05) is 0 Å². The highest BCUT2D eigenvalue weighted by atomic mass is 79.9. The molecule has 0 aliphatic rings. The first-order valence-electron chi connectivity index (χ1n) is 5.86. The Hall–Kier alpha value is -1.42. The fraction of sp³-hybridized carbons (Fsp3) is 0.286. The summed E-state index contributed by atoms with van der Waals surface area (Å²) in [6.07, 6.45) is 0. The zero-order valence-electron chi connectivity index (χ0n) is 10.8. The fourth-order valence-electron chi connectivity index (χ4n) is 2.04. The number of nitrogens with one attached hydrogen (secondary N) is 1. The molecule has 1 heterocycles. The summed E-state index contributed by atoms with van der Waals surface area (Å²) in [7, 11) is 0. The van der Waals surface area contributed by atoms with E-state index in [0.29, 0.717) is 0 Å². The maximum atomic E-state index is 5.72. The highest BCUT2D eigenvalue weighted by molar-refractivity contribution is 9.10. The van der Waals surface area contributed by atoms with Crippen molar-refractivity contribution in [3.05, 3.63) is 45.8 Å². The zero-order chi connectivity index (χ0) is 13.3. The van der Waals surface area contributed by atoms with Crippen molar-refractivity contribution >= 4 is 27.3 Å². The van der Waals surface area contributed by atoms with Crippen molar-refractivity contribution in [3.8, 4) is 0 Å². The molecule has 96 valence electrons. The van der Waals surface area contributed by atoms with Crippen LogP contribution >= 0.6 is 15.9 Å². The number of benzene rings is 1. The number of hydrogen-bond donors (Lipinski definition) is 2. The predicted octanol–water partition coefficient (Wildman–Crippen LogP) is 4.41. The molecule has 0 fully saturated rings. The monoisotopic (exact) mass is 308 g/mol. The quantitative estimate of drug-likeness (QED) is 0.826. The van der Waals surface area contributed by atoms with Gasteiger partial charge in [-0.05, 0) is 61.0 Å². The highest BCUT2D eigenvalue weighted by Crippen LogP contribution is 2.30. The first kappa shape index (κ1) is 13.0. The van der Waals surface area contributed by atoms with Gasteiger partial charge < -0.3 is 15.5 Å². The minimum absolute atomic E-state index is 0.183. The van der Waals surface area contributed by atoms with Gasteiger partial charge in [-0.3, -0.25) is 0 Å². The Morgan fingerprint density at radius 2 is 2.00 bits per heavy atom. The van der Waals surface area contributed by atoms with Crippen molar-refractivity contribution in [3.63, 3.8) is 0 Å². The number of aryl methyl sites for hydroxylation is 2. The van der Waals surface area contributed by atoms with Crippen LogP contribution in [0.25, 0.3) is 0 Å². The van der Waals surface area contributed by atoms with Crippen LogP contribution in [0.1, 0.15) is 30.0 Å². The molecule has 0 saturated heterocycles. The number of halogens is 1. The Labute approximate surface area is 115 Å². The Kier molecular flexibility index (Phi) is 3.66. The lowest BCUT2D eigenvalue weighted by atomic mass is 10.1. The molecule has 0 saturated carbocycles. The van der Waals surface area contributed by atoms with E-state index < -0.39 is 0 Å². The summed E-state index contributed by atoms with van der Waals surface area (Å²) in [5, 5.41) is 3.45. The molecule has 4 heteroatoms. The van der Waals surface area contributed by atoms with Gasteiger partial charge in [0.15, 0.2) is 0 Å². The van der Waals surface area contributed by atoms with Crippen LogP contribution < -0.4 is 11.1 Å². The van der Waals surface area contributed by atoms with Gasteiger partial charge in [-0.2, -0.15) is 0 Å². The normalized spacial score (nSPS) is 12.4. The second-order valence-electron chi connectivity index (χ2n) is 4.47. The third-order valence-corrected chi connectivity index (χ3v) is 3.57. The van der Waals surface area contributed by atoms with Gasteiger partial charge in [0.2, 0.25) is 0 Å². The van der Waals surface area contributed by atoms with Gasteiger partial charge in [0, 0.05) is 21.4 Å². The van der Waals surface area contributed by atoms with Crippen LogP contribution in [-0.4, -0.2) is 0 Å². The molecule has 18 heavy (non-hydrogen) atoms. The van der Waals surface area contributed by atoms with Crippen LogP contribution in [0.15, 0.2) is 33.2 Å². The fourth-order valence-corrected chi connectivity index (χ4v) is 2.55. The predicted molar refractivity (Wildman–Crippen MR) is 78.8 cm³/mol. The number of nitrogen functional groups attached to an aromatic ring is 1. The molecule has 0 radical (unpaired) electrons. The average Bonchev–Trinajstić information content (AvgIpc) is 2.62. The number of furan rings is 1. The number of nitrogens with two attached hydrogens (primary N) is 1. The lowest BCUT2D eigenvalue weighted by molar-refractivity contribution is 0.500. The second-order valence-corrected chi connectivity index (χ2v) is 5.33. The van der Waals surface area contributed by atoms with Crippen molar-refractivity contribution in [2.45, 2.75) is 26.8 Å². The molecule has 0 amide bonds. The SMILES string of the molecule is Cc1cc(C(C)Nc2ccc(N)cc2Br)c(C)o1. The molecule has 2 aromatic rings. The van der Waals surface area contributed by atoms with Crippen molar-refractivity contribution < 1.29 is 4.42 Å². The van der Waals surface area contributed by atoms with E-state index >= 15 is 0 Å². The number of rotatable bonds is 3. The average molecular weight is 309 g/mol. The molecule has 2 rings (SSSR count). The first-order valence-corrected chi connectivity index (χ1v) is 6.65. The maximum absolute atomic E-state index is 5.72. The van der Waals surface area contributed by atoms with Gasteiger partial charge in [0.25, 0.3) is 0 Å². The topological polar surface area (TPSA) is 51.2 Å².